The van der Waals surface area contributed by atoms with Crippen molar-refractivity contribution in [1.82, 2.24) is 10.2 Å². The molecule has 2 fully saturated rings. The van der Waals surface area contributed by atoms with Gasteiger partial charge >= 0.3 is 0 Å². The molecule has 1 N–H and O–H groups in total. The highest BCUT2D eigenvalue weighted by molar-refractivity contribution is 5.80. The minimum absolute atomic E-state index is 0.189. The molecule has 2 aliphatic heterocycles. The second kappa shape index (κ2) is 7.84. The first kappa shape index (κ1) is 15.6. The maximum atomic E-state index is 5.90. The van der Waals surface area contributed by atoms with Crippen LogP contribution in [0.3, 0.4) is 0 Å². The first-order valence-corrected chi connectivity index (χ1v) is 7.97. The van der Waals surface area contributed by atoms with Gasteiger partial charge in [-0.2, -0.15) is 0 Å². The minimum Gasteiger partial charge on any atom is -0.375 e. The van der Waals surface area contributed by atoms with Crippen LogP contribution in [-0.2, 0) is 9.47 Å². The first-order chi connectivity index (χ1) is 9.70. The zero-order valence-corrected chi connectivity index (χ0v) is 13.1. The predicted octanol–water partition coefficient (Wildman–Crippen LogP) is 1.49. The summed E-state index contributed by atoms with van der Waals surface area (Å²) in [7, 11) is 0. The Kier molecular flexibility index (Phi) is 6.10. The zero-order chi connectivity index (χ0) is 14.4. The smallest absolute Gasteiger partial charge is 0.194 e. The number of rotatable bonds is 4. The third-order valence-electron chi connectivity index (χ3n) is 3.71. The number of ether oxygens (including phenoxy) is 2. The molecular weight excluding hydrogens is 254 g/mol. The molecule has 0 amide bonds. The Labute approximate surface area is 122 Å². The Balaban J connectivity index is 1.95. The summed E-state index contributed by atoms with van der Waals surface area (Å²) in [6.07, 6.45) is 2.74. The lowest BCUT2D eigenvalue weighted by Crippen LogP contribution is -2.53. The fraction of sp³-hybridized carbons (Fsp3) is 0.933. The van der Waals surface area contributed by atoms with Crippen LogP contribution in [0.1, 0.15) is 33.6 Å². The van der Waals surface area contributed by atoms with E-state index in [0.717, 1.165) is 58.2 Å². The summed E-state index contributed by atoms with van der Waals surface area (Å²) < 4.78 is 11.7. The molecule has 0 aromatic heterocycles. The van der Waals surface area contributed by atoms with Gasteiger partial charge in [0.25, 0.3) is 0 Å². The molecule has 20 heavy (non-hydrogen) atoms. The van der Waals surface area contributed by atoms with E-state index in [2.05, 4.69) is 31.0 Å². The van der Waals surface area contributed by atoms with Crippen molar-refractivity contribution in [3.05, 3.63) is 0 Å². The Hall–Kier alpha value is -0.810. The van der Waals surface area contributed by atoms with Crippen molar-refractivity contribution >= 4 is 5.96 Å². The van der Waals surface area contributed by atoms with Crippen LogP contribution in [0.4, 0.5) is 0 Å². The fourth-order valence-electron chi connectivity index (χ4n) is 2.68. The van der Waals surface area contributed by atoms with E-state index in [-0.39, 0.29) is 12.2 Å². The van der Waals surface area contributed by atoms with E-state index < -0.39 is 0 Å². The first-order valence-electron chi connectivity index (χ1n) is 7.97. The maximum Gasteiger partial charge on any atom is 0.194 e. The zero-order valence-electron chi connectivity index (χ0n) is 13.1. The maximum absolute atomic E-state index is 5.90. The van der Waals surface area contributed by atoms with Crippen LogP contribution in [0.2, 0.25) is 0 Å². The van der Waals surface area contributed by atoms with Gasteiger partial charge in [0.1, 0.15) is 6.10 Å². The van der Waals surface area contributed by atoms with Crippen LogP contribution >= 0.6 is 0 Å². The molecule has 5 nitrogen and oxygen atoms in total. The number of hydrogen-bond acceptors (Lipinski definition) is 3. The van der Waals surface area contributed by atoms with Crippen molar-refractivity contribution in [2.45, 2.75) is 45.8 Å². The van der Waals surface area contributed by atoms with E-state index >= 15 is 0 Å². The van der Waals surface area contributed by atoms with Crippen LogP contribution < -0.4 is 5.32 Å². The van der Waals surface area contributed by atoms with E-state index in [0.29, 0.717) is 5.92 Å². The van der Waals surface area contributed by atoms with Gasteiger partial charge in [0.15, 0.2) is 5.96 Å². The van der Waals surface area contributed by atoms with E-state index in [4.69, 9.17) is 14.5 Å². The van der Waals surface area contributed by atoms with Crippen LogP contribution in [0.25, 0.3) is 0 Å². The number of hydrogen-bond donors (Lipinski definition) is 1. The van der Waals surface area contributed by atoms with E-state index in [1.165, 1.54) is 0 Å². The van der Waals surface area contributed by atoms with Gasteiger partial charge in [0, 0.05) is 32.8 Å². The van der Waals surface area contributed by atoms with Crippen molar-refractivity contribution in [3.63, 3.8) is 0 Å². The fourth-order valence-corrected chi connectivity index (χ4v) is 2.68. The third kappa shape index (κ3) is 4.35. The monoisotopic (exact) mass is 283 g/mol. The Morgan fingerprint density at radius 3 is 2.75 bits per heavy atom. The topological polar surface area (TPSA) is 46.1 Å². The van der Waals surface area contributed by atoms with Crippen LogP contribution in [0.15, 0.2) is 4.99 Å². The molecule has 0 bridgehead atoms. The number of guanidine groups is 1. The molecule has 0 saturated carbocycles. The minimum atomic E-state index is 0.189. The largest absolute Gasteiger partial charge is 0.375 e. The SMILES string of the molecule is CCNC(=NCC(C)C)N1CCOC(C2CCCO2)C1. The lowest BCUT2D eigenvalue weighted by Gasteiger charge is -2.37. The molecule has 0 radical (unpaired) electrons. The van der Waals surface area contributed by atoms with Gasteiger partial charge in [-0.25, -0.2) is 0 Å². The van der Waals surface area contributed by atoms with Gasteiger partial charge in [0.05, 0.1) is 12.7 Å². The Morgan fingerprint density at radius 1 is 1.30 bits per heavy atom. The highest BCUT2D eigenvalue weighted by Gasteiger charge is 2.32. The summed E-state index contributed by atoms with van der Waals surface area (Å²) in [6.45, 7) is 11.7. The van der Waals surface area contributed by atoms with Gasteiger partial charge < -0.3 is 19.7 Å². The predicted molar refractivity (Wildman–Crippen MR) is 81.1 cm³/mol. The molecule has 0 aromatic rings. The van der Waals surface area contributed by atoms with Gasteiger partial charge in [-0.15, -0.1) is 0 Å². The van der Waals surface area contributed by atoms with Gasteiger partial charge in [0.2, 0.25) is 0 Å². The van der Waals surface area contributed by atoms with Crippen LogP contribution in [-0.4, -0.2) is 62.5 Å². The van der Waals surface area contributed by atoms with Crippen molar-refractivity contribution in [3.8, 4) is 0 Å². The van der Waals surface area contributed by atoms with E-state index in [1.807, 2.05) is 0 Å². The molecule has 0 spiro atoms. The third-order valence-corrected chi connectivity index (χ3v) is 3.71. The molecular formula is C15H29N3O2. The number of aliphatic imine (C=N–C) groups is 1. The molecule has 2 aliphatic rings. The number of morpholine rings is 1. The molecule has 5 heteroatoms. The summed E-state index contributed by atoms with van der Waals surface area (Å²) in [6, 6.07) is 0. The second-order valence-electron chi connectivity index (χ2n) is 6.00. The van der Waals surface area contributed by atoms with Crippen molar-refractivity contribution < 1.29 is 9.47 Å². The second-order valence-corrected chi connectivity index (χ2v) is 6.00. The van der Waals surface area contributed by atoms with Gasteiger partial charge in [-0.05, 0) is 25.7 Å². The molecule has 2 saturated heterocycles. The van der Waals surface area contributed by atoms with Gasteiger partial charge in [-0.1, -0.05) is 13.8 Å². The lowest BCUT2D eigenvalue weighted by molar-refractivity contribution is -0.0817. The molecule has 0 aliphatic carbocycles. The van der Waals surface area contributed by atoms with E-state index in [9.17, 15) is 0 Å². The van der Waals surface area contributed by atoms with E-state index in [1.54, 1.807) is 0 Å². The number of nitrogens with zero attached hydrogens (tertiary/aromatic N) is 2. The summed E-state index contributed by atoms with van der Waals surface area (Å²) in [5.41, 5.74) is 0. The molecule has 116 valence electrons. The molecule has 2 unspecified atom stereocenters. The number of nitrogens with one attached hydrogen (secondary N) is 1. The van der Waals surface area contributed by atoms with Crippen molar-refractivity contribution in [2.75, 3.05) is 39.4 Å². The quantitative estimate of drug-likeness (QED) is 0.627. The Morgan fingerprint density at radius 2 is 2.10 bits per heavy atom. The van der Waals surface area contributed by atoms with Gasteiger partial charge in [-0.3, -0.25) is 4.99 Å². The normalized spacial score (nSPS) is 28.2. The molecule has 2 heterocycles. The highest BCUT2D eigenvalue weighted by Crippen LogP contribution is 2.21. The summed E-state index contributed by atoms with van der Waals surface area (Å²) in [5.74, 6) is 1.60. The average molecular weight is 283 g/mol. The molecule has 0 aromatic carbocycles. The standard InChI is InChI=1S/C15H29N3O2/c1-4-16-15(17-10-12(2)3)18-7-9-20-14(11-18)13-6-5-8-19-13/h12-14H,4-11H2,1-3H3,(H,16,17). The summed E-state index contributed by atoms with van der Waals surface area (Å²) in [4.78, 5) is 7.05. The van der Waals surface area contributed by atoms with Crippen LogP contribution in [0, 0.1) is 5.92 Å². The van der Waals surface area contributed by atoms with Crippen LogP contribution in [0.5, 0.6) is 0 Å². The van der Waals surface area contributed by atoms with Crippen molar-refractivity contribution in [2.24, 2.45) is 10.9 Å². The molecule has 2 atom stereocenters. The Bertz CT molecular complexity index is 314. The summed E-state index contributed by atoms with van der Waals surface area (Å²) >= 11 is 0. The summed E-state index contributed by atoms with van der Waals surface area (Å²) in [5, 5.41) is 3.40. The molecule has 2 rings (SSSR count). The average Bonchev–Trinajstić information content (AvgIpc) is 2.97. The highest BCUT2D eigenvalue weighted by atomic mass is 16.5. The van der Waals surface area contributed by atoms with Crippen molar-refractivity contribution in [1.29, 1.82) is 0 Å². The lowest BCUT2D eigenvalue weighted by atomic mass is 10.1.